The fourth-order valence-corrected chi connectivity index (χ4v) is 3.30. The molecule has 18 heavy (non-hydrogen) atoms. The summed E-state index contributed by atoms with van der Waals surface area (Å²) >= 11 is 1.82. The van der Waals surface area contributed by atoms with Gasteiger partial charge >= 0.3 is 0 Å². The predicted molar refractivity (Wildman–Crippen MR) is 72.8 cm³/mol. The topological polar surface area (TPSA) is 43.4 Å². The largest absolute Gasteiger partial charge is 0.381 e. The van der Waals surface area contributed by atoms with Gasteiger partial charge in [-0.2, -0.15) is 0 Å². The van der Waals surface area contributed by atoms with Gasteiger partial charge in [-0.05, 0) is 18.9 Å². The number of methoxy groups -OCH3 is 1. The van der Waals surface area contributed by atoms with Crippen molar-refractivity contribution < 1.29 is 9.47 Å². The lowest BCUT2D eigenvalue weighted by Gasteiger charge is -2.02. The normalized spacial score (nSPS) is 19.6. The van der Waals surface area contributed by atoms with Crippen LogP contribution < -0.4 is 5.32 Å². The summed E-state index contributed by atoms with van der Waals surface area (Å²) < 4.78 is 10.6. The number of ether oxygens (including phenoxy) is 2. The molecule has 4 nitrogen and oxygen atoms in total. The Balaban J connectivity index is 2.00. The van der Waals surface area contributed by atoms with Gasteiger partial charge in [-0.3, -0.25) is 0 Å². The van der Waals surface area contributed by atoms with Crippen molar-refractivity contribution in [3.63, 3.8) is 0 Å². The van der Waals surface area contributed by atoms with E-state index in [2.05, 4.69) is 12.2 Å². The second-order valence-electron chi connectivity index (χ2n) is 4.62. The molecule has 1 fully saturated rings. The molecule has 0 aliphatic carbocycles. The number of thiazole rings is 1. The molecule has 102 valence electrons. The van der Waals surface area contributed by atoms with E-state index in [0.717, 1.165) is 38.4 Å². The highest BCUT2D eigenvalue weighted by Crippen LogP contribution is 2.25. The summed E-state index contributed by atoms with van der Waals surface area (Å²) in [7, 11) is 1.72. The Labute approximate surface area is 113 Å². The van der Waals surface area contributed by atoms with Crippen LogP contribution >= 0.6 is 11.3 Å². The van der Waals surface area contributed by atoms with Crippen LogP contribution in [0.4, 0.5) is 0 Å². The highest BCUT2D eigenvalue weighted by atomic mass is 32.1. The minimum Gasteiger partial charge on any atom is -0.381 e. The third-order valence-corrected chi connectivity index (χ3v) is 4.25. The van der Waals surface area contributed by atoms with Crippen molar-refractivity contribution in [2.45, 2.75) is 32.9 Å². The molecule has 1 aliphatic heterocycles. The van der Waals surface area contributed by atoms with Gasteiger partial charge in [0, 0.05) is 38.2 Å². The molecule has 1 aromatic heterocycles. The van der Waals surface area contributed by atoms with Crippen molar-refractivity contribution in [1.29, 1.82) is 0 Å². The fourth-order valence-electron chi connectivity index (χ4n) is 2.14. The Morgan fingerprint density at radius 1 is 1.56 bits per heavy atom. The minimum absolute atomic E-state index is 0.610. The first kappa shape index (κ1) is 13.9. The van der Waals surface area contributed by atoms with Crippen molar-refractivity contribution in [1.82, 2.24) is 10.3 Å². The quantitative estimate of drug-likeness (QED) is 0.823. The predicted octanol–water partition coefficient (Wildman–Crippen LogP) is 1.98. The van der Waals surface area contributed by atoms with E-state index in [-0.39, 0.29) is 0 Å². The Bertz CT molecular complexity index is 362. The summed E-state index contributed by atoms with van der Waals surface area (Å²) in [4.78, 5) is 6.03. The Kier molecular flexibility index (Phi) is 5.56. The number of hydrogen-bond acceptors (Lipinski definition) is 5. The zero-order chi connectivity index (χ0) is 12.8. The first-order valence-corrected chi connectivity index (χ1v) is 7.40. The standard InChI is InChI=1S/C13H22N2O2S/c1-3-14-7-12-11(9-16-2)15-13(18-12)6-10-4-5-17-8-10/h10,14H,3-9H2,1-2H3. The van der Waals surface area contributed by atoms with Gasteiger partial charge in [0.2, 0.25) is 0 Å². The van der Waals surface area contributed by atoms with E-state index in [0.29, 0.717) is 12.5 Å². The van der Waals surface area contributed by atoms with E-state index < -0.39 is 0 Å². The van der Waals surface area contributed by atoms with Crippen LogP contribution in [0.2, 0.25) is 0 Å². The van der Waals surface area contributed by atoms with Gasteiger partial charge in [0.05, 0.1) is 17.3 Å². The average Bonchev–Trinajstić information content (AvgIpc) is 2.98. The molecule has 1 aliphatic rings. The summed E-state index contributed by atoms with van der Waals surface area (Å²) in [6, 6.07) is 0. The second kappa shape index (κ2) is 7.19. The van der Waals surface area contributed by atoms with Gasteiger partial charge < -0.3 is 14.8 Å². The lowest BCUT2D eigenvalue weighted by Crippen LogP contribution is -2.12. The molecular weight excluding hydrogens is 248 g/mol. The van der Waals surface area contributed by atoms with Crippen LogP contribution in [0, 0.1) is 5.92 Å². The van der Waals surface area contributed by atoms with Gasteiger partial charge in [-0.1, -0.05) is 6.92 Å². The van der Waals surface area contributed by atoms with Crippen molar-refractivity contribution >= 4 is 11.3 Å². The summed E-state index contributed by atoms with van der Waals surface area (Å²) in [5.74, 6) is 0.651. The molecule has 5 heteroatoms. The zero-order valence-electron chi connectivity index (χ0n) is 11.2. The third kappa shape index (κ3) is 3.75. The van der Waals surface area contributed by atoms with E-state index in [4.69, 9.17) is 14.5 Å². The van der Waals surface area contributed by atoms with Crippen molar-refractivity contribution in [3.05, 3.63) is 15.6 Å². The molecule has 0 spiro atoms. The van der Waals surface area contributed by atoms with E-state index in [1.165, 1.54) is 16.3 Å². The van der Waals surface area contributed by atoms with Gasteiger partial charge in [-0.15, -0.1) is 11.3 Å². The van der Waals surface area contributed by atoms with Crippen LogP contribution in [0.25, 0.3) is 0 Å². The molecular formula is C13H22N2O2S. The summed E-state index contributed by atoms with van der Waals surface area (Å²) in [6.45, 7) is 6.41. The third-order valence-electron chi connectivity index (χ3n) is 3.13. The van der Waals surface area contributed by atoms with E-state index in [1.807, 2.05) is 11.3 Å². The van der Waals surface area contributed by atoms with E-state index in [9.17, 15) is 0 Å². The second-order valence-corrected chi connectivity index (χ2v) is 5.79. The van der Waals surface area contributed by atoms with Crippen LogP contribution in [0.5, 0.6) is 0 Å². The molecule has 2 heterocycles. The molecule has 1 atom stereocenters. The zero-order valence-corrected chi connectivity index (χ0v) is 12.0. The smallest absolute Gasteiger partial charge is 0.0936 e. The van der Waals surface area contributed by atoms with Crippen molar-refractivity contribution in [2.24, 2.45) is 5.92 Å². The van der Waals surface area contributed by atoms with Crippen LogP contribution in [0.15, 0.2) is 0 Å². The summed E-state index contributed by atoms with van der Waals surface area (Å²) in [6.07, 6.45) is 2.22. The van der Waals surface area contributed by atoms with Crippen molar-refractivity contribution in [2.75, 3.05) is 26.9 Å². The van der Waals surface area contributed by atoms with Crippen LogP contribution in [0.1, 0.15) is 28.9 Å². The number of hydrogen-bond donors (Lipinski definition) is 1. The molecule has 0 saturated carbocycles. The van der Waals surface area contributed by atoms with E-state index in [1.54, 1.807) is 7.11 Å². The molecule has 0 bridgehead atoms. The molecule has 1 unspecified atom stereocenters. The minimum atomic E-state index is 0.610. The maximum atomic E-state index is 5.42. The molecule has 0 radical (unpaired) electrons. The average molecular weight is 270 g/mol. The molecule has 0 amide bonds. The lowest BCUT2D eigenvalue weighted by atomic mass is 10.1. The van der Waals surface area contributed by atoms with Gasteiger partial charge in [0.1, 0.15) is 0 Å². The maximum absolute atomic E-state index is 5.42. The van der Waals surface area contributed by atoms with Gasteiger partial charge in [0.25, 0.3) is 0 Å². The van der Waals surface area contributed by atoms with Crippen molar-refractivity contribution in [3.8, 4) is 0 Å². The fraction of sp³-hybridized carbons (Fsp3) is 0.769. The summed E-state index contributed by atoms with van der Waals surface area (Å²) in [5.41, 5.74) is 1.09. The monoisotopic (exact) mass is 270 g/mol. The number of rotatable bonds is 7. The number of nitrogens with one attached hydrogen (secondary N) is 1. The van der Waals surface area contributed by atoms with E-state index >= 15 is 0 Å². The van der Waals surface area contributed by atoms with Crippen LogP contribution in [-0.2, 0) is 29.0 Å². The SMILES string of the molecule is CCNCc1sc(CC2CCOC2)nc1COC. The Hall–Kier alpha value is -0.490. The Morgan fingerprint density at radius 3 is 3.11 bits per heavy atom. The highest BCUT2D eigenvalue weighted by molar-refractivity contribution is 7.11. The van der Waals surface area contributed by atoms with Crippen LogP contribution in [0.3, 0.4) is 0 Å². The maximum Gasteiger partial charge on any atom is 0.0936 e. The molecule has 1 N–H and O–H groups in total. The lowest BCUT2D eigenvalue weighted by molar-refractivity contribution is 0.180. The highest BCUT2D eigenvalue weighted by Gasteiger charge is 2.19. The van der Waals surface area contributed by atoms with Gasteiger partial charge in [0.15, 0.2) is 0 Å². The van der Waals surface area contributed by atoms with Crippen LogP contribution in [-0.4, -0.2) is 31.9 Å². The first-order valence-electron chi connectivity index (χ1n) is 6.58. The number of aromatic nitrogens is 1. The molecule has 1 saturated heterocycles. The summed E-state index contributed by atoms with van der Waals surface area (Å²) in [5, 5.41) is 4.59. The molecule has 2 rings (SSSR count). The molecule has 0 aromatic carbocycles. The first-order chi connectivity index (χ1) is 8.83. The Morgan fingerprint density at radius 2 is 2.44 bits per heavy atom. The molecule has 1 aromatic rings. The number of nitrogens with zero attached hydrogens (tertiary/aromatic N) is 1. The van der Waals surface area contributed by atoms with Gasteiger partial charge in [-0.25, -0.2) is 4.98 Å².